The van der Waals surface area contributed by atoms with Gasteiger partial charge in [0.05, 0.1) is 6.54 Å². The molecule has 4 heteroatoms. The first-order valence-electron chi connectivity index (χ1n) is 8.20. The van der Waals surface area contributed by atoms with E-state index in [1.54, 1.807) is 4.90 Å². The zero-order valence-corrected chi connectivity index (χ0v) is 13.5. The van der Waals surface area contributed by atoms with Crippen molar-refractivity contribution in [2.75, 3.05) is 40.3 Å². The van der Waals surface area contributed by atoms with E-state index in [4.69, 9.17) is 0 Å². The van der Waals surface area contributed by atoms with E-state index in [0.29, 0.717) is 18.0 Å². The molecule has 0 aromatic rings. The Kier molecular flexibility index (Phi) is 5.44. The van der Waals surface area contributed by atoms with E-state index in [0.717, 1.165) is 13.1 Å². The summed E-state index contributed by atoms with van der Waals surface area (Å²) in [6.45, 7) is 6.19. The first kappa shape index (κ1) is 15.8. The lowest BCUT2D eigenvalue weighted by Crippen LogP contribution is -2.46. The van der Waals surface area contributed by atoms with Crippen LogP contribution in [0.15, 0.2) is 0 Å². The molecule has 1 N–H and O–H groups in total. The SMILES string of the molecule is CCCC1(CNC2CCN(CC(=O)N(C)C)CC2)CC1. The Hall–Kier alpha value is -0.610. The Labute approximate surface area is 123 Å². The van der Waals surface area contributed by atoms with E-state index in [2.05, 4.69) is 17.1 Å². The molecule has 0 aromatic carbocycles. The van der Waals surface area contributed by atoms with Crippen molar-refractivity contribution in [3.63, 3.8) is 0 Å². The third-order valence-electron chi connectivity index (χ3n) is 4.95. The van der Waals surface area contributed by atoms with Crippen molar-refractivity contribution >= 4 is 5.91 Å². The van der Waals surface area contributed by atoms with Gasteiger partial charge in [-0.05, 0) is 37.5 Å². The first-order chi connectivity index (χ1) is 9.54. The summed E-state index contributed by atoms with van der Waals surface area (Å²) in [5.74, 6) is 0.219. The molecule has 1 aliphatic heterocycles. The Morgan fingerprint density at radius 3 is 2.45 bits per heavy atom. The average Bonchev–Trinajstić information content (AvgIpc) is 3.18. The zero-order chi connectivity index (χ0) is 14.6. The maximum Gasteiger partial charge on any atom is 0.236 e. The van der Waals surface area contributed by atoms with Crippen LogP contribution in [0.4, 0.5) is 0 Å². The second-order valence-corrected chi connectivity index (χ2v) is 6.97. The number of piperidine rings is 1. The molecule has 116 valence electrons. The Balaban J connectivity index is 1.63. The minimum atomic E-state index is 0.219. The van der Waals surface area contributed by atoms with Crippen molar-refractivity contribution in [2.45, 2.75) is 51.5 Å². The first-order valence-corrected chi connectivity index (χ1v) is 8.20. The number of likely N-dealkylation sites (tertiary alicyclic amines) is 1. The van der Waals surface area contributed by atoms with Gasteiger partial charge in [0.25, 0.3) is 0 Å². The van der Waals surface area contributed by atoms with Crippen LogP contribution >= 0.6 is 0 Å². The van der Waals surface area contributed by atoms with Crippen molar-refractivity contribution in [2.24, 2.45) is 5.41 Å². The van der Waals surface area contributed by atoms with Crippen molar-refractivity contribution in [1.29, 1.82) is 0 Å². The van der Waals surface area contributed by atoms with Gasteiger partial charge in [-0.3, -0.25) is 9.69 Å². The summed E-state index contributed by atoms with van der Waals surface area (Å²) >= 11 is 0. The molecule has 1 heterocycles. The van der Waals surface area contributed by atoms with E-state index in [1.165, 1.54) is 45.1 Å². The Bertz CT molecular complexity index is 318. The summed E-state index contributed by atoms with van der Waals surface area (Å²) in [4.78, 5) is 15.7. The van der Waals surface area contributed by atoms with Gasteiger partial charge in [-0.2, -0.15) is 0 Å². The molecular formula is C16H31N3O. The second kappa shape index (κ2) is 6.90. The van der Waals surface area contributed by atoms with Crippen molar-refractivity contribution in [1.82, 2.24) is 15.1 Å². The molecule has 0 aromatic heterocycles. The molecule has 2 aliphatic rings. The number of hydrogen-bond acceptors (Lipinski definition) is 3. The molecule has 2 rings (SSSR count). The van der Waals surface area contributed by atoms with Crippen LogP contribution < -0.4 is 5.32 Å². The number of nitrogens with zero attached hydrogens (tertiary/aromatic N) is 2. The molecule has 0 unspecified atom stereocenters. The molecule has 0 spiro atoms. The summed E-state index contributed by atoms with van der Waals surface area (Å²) in [7, 11) is 3.67. The van der Waals surface area contributed by atoms with E-state index in [9.17, 15) is 4.79 Å². The van der Waals surface area contributed by atoms with Gasteiger partial charge in [-0.25, -0.2) is 0 Å². The van der Waals surface area contributed by atoms with Crippen LogP contribution in [0.25, 0.3) is 0 Å². The van der Waals surface area contributed by atoms with Crippen LogP contribution in [0, 0.1) is 5.41 Å². The monoisotopic (exact) mass is 281 g/mol. The minimum Gasteiger partial charge on any atom is -0.348 e. The molecule has 0 bridgehead atoms. The van der Waals surface area contributed by atoms with E-state index in [-0.39, 0.29) is 5.91 Å². The number of amides is 1. The van der Waals surface area contributed by atoms with E-state index < -0.39 is 0 Å². The van der Waals surface area contributed by atoms with Gasteiger partial charge in [0.15, 0.2) is 0 Å². The fraction of sp³-hybridized carbons (Fsp3) is 0.938. The van der Waals surface area contributed by atoms with Gasteiger partial charge >= 0.3 is 0 Å². The quantitative estimate of drug-likeness (QED) is 0.771. The number of carbonyl (C=O) groups excluding carboxylic acids is 1. The summed E-state index contributed by atoms with van der Waals surface area (Å²) in [6, 6.07) is 0.662. The highest BCUT2D eigenvalue weighted by molar-refractivity contribution is 5.77. The van der Waals surface area contributed by atoms with Gasteiger partial charge in [-0.1, -0.05) is 13.3 Å². The average molecular weight is 281 g/mol. The number of nitrogens with one attached hydrogen (secondary N) is 1. The van der Waals surface area contributed by atoms with Gasteiger partial charge < -0.3 is 10.2 Å². The summed E-state index contributed by atoms with van der Waals surface area (Å²) < 4.78 is 0. The van der Waals surface area contributed by atoms with Gasteiger partial charge in [0.1, 0.15) is 0 Å². The third-order valence-corrected chi connectivity index (χ3v) is 4.95. The van der Waals surface area contributed by atoms with Crippen molar-refractivity contribution in [3.05, 3.63) is 0 Å². The van der Waals surface area contributed by atoms with Crippen LogP contribution in [-0.4, -0.2) is 62.0 Å². The maximum atomic E-state index is 11.7. The van der Waals surface area contributed by atoms with Crippen molar-refractivity contribution < 1.29 is 4.79 Å². The largest absolute Gasteiger partial charge is 0.348 e. The van der Waals surface area contributed by atoms with Gasteiger partial charge in [-0.15, -0.1) is 0 Å². The van der Waals surface area contributed by atoms with Crippen LogP contribution in [0.1, 0.15) is 45.4 Å². The lowest BCUT2D eigenvalue weighted by molar-refractivity contribution is -0.130. The summed E-state index contributed by atoms with van der Waals surface area (Å²) in [5.41, 5.74) is 0.646. The topological polar surface area (TPSA) is 35.6 Å². The highest BCUT2D eigenvalue weighted by Crippen LogP contribution is 2.49. The number of carbonyl (C=O) groups is 1. The van der Waals surface area contributed by atoms with Gasteiger partial charge in [0, 0.05) is 39.8 Å². The standard InChI is InChI=1S/C16H31N3O/c1-4-7-16(8-9-16)13-17-14-5-10-19(11-6-14)12-15(20)18(2)3/h14,17H,4-13H2,1-3H3. The summed E-state index contributed by atoms with van der Waals surface area (Å²) in [6.07, 6.45) is 7.91. The molecule has 0 atom stereocenters. The molecule has 2 fully saturated rings. The van der Waals surface area contributed by atoms with E-state index in [1.807, 2.05) is 14.1 Å². The third kappa shape index (κ3) is 4.45. The molecule has 1 aliphatic carbocycles. The highest BCUT2D eigenvalue weighted by atomic mass is 16.2. The lowest BCUT2D eigenvalue weighted by atomic mass is 9.98. The van der Waals surface area contributed by atoms with Crippen LogP contribution in [-0.2, 0) is 4.79 Å². The predicted molar refractivity (Wildman–Crippen MR) is 82.7 cm³/mol. The predicted octanol–water partition coefficient (Wildman–Crippen LogP) is 1.71. The van der Waals surface area contributed by atoms with Crippen LogP contribution in [0.5, 0.6) is 0 Å². The fourth-order valence-corrected chi connectivity index (χ4v) is 3.21. The molecule has 1 saturated carbocycles. The summed E-state index contributed by atoms with van der Waals surface area (Å²) in [5, 5.41) is 3.78. The zero-order valence-electron chi connectivity index (χ0n) is 13.5. The molecule has 1 amide bonds. The molecule has 20 heavy (non-hydrogen) atoms. The maximum absolute atomic E-state index is 11.7. The molecular weight excluding hydrogens is 250 g/mol. The number of likely N-dealkylation sites (N-methyl/N-ethyl adjacent to an activating group) is 1. The van der Waals surface area contributed by atoms with Crippen molar-refractivity contribution in [3.8, 4) is 0 Å². The molecule has 1 saturated heterocycles. The second-order valence-electron chi connectivity index (χ2n) is 6.97. The number of hydrogen-bond donors (Lipinski definition) is 1. The van der Waals surface area contributed by atoms with Crippen LogP contribution in [0.2, 0.25) is 0 Å². The molecule has 4 nitrogen and oxygen atoms in total. The fourth-order valence-electron chi connectivity index (χ4n) is 3.21. The number of rotatable bonds is 7. The Morgan fingerprint density at radius 2 is 1.95 bits per heavy atom. The minimum absolute atomic E-state index is 0.219. The van der Waals surface area contributed by atoms with E-state index >= 15 is 0 Å². The normalized spacial score (nSPS) is 22.8. The lowest BCUT2D eigenvalue weighted by Gasteiger charge is -2.33. The smallest absolute Gasteiger partial charge is 0.236 e. The highest BCUT2D eigenvalue weighted by Gasteiger charge is 2.41. The Morgan fingerprint density at radius 1 is 1.30 bits per heavy atom. The van der Waals surface area contributed by atoms with Gasteiger partial charge in [0.2, 0.25) is 5.91 Å². The van der Waals surface area contributed by atoms with Crippen LogP contribution in [0.3, 0.4) is 0 Å². The molecule has 0 radical (unpaired) electrons.